The van der Waals surface area contributed by atoms with Crippen LogP contribution in [0.5, 0.6) is 0 Å². The first-order chi connectivity index (χ1) is 10.2. The molecule has 22 heavy (non-hydrogen) atoms. The standard InChI is InChI=1S/C17H22FN3O/c1-11(16(20)22)21(10-12-4-5-12)14-7-6-13(9-19)15(8-14)17(2,3)18/h6-8,11-12H,4-5,10H2,1-3H3,(H2,20,22). The molecule has 2 rings (SSSR count). The second kappa shape index (κ2) is 5.96. The van der Waals surface area contributed by atoms with E-state index >= 15 is 0 Å². The van der Waals surface area contributed by atoms with Crippen molar-refractivity contribution in [3.8, 4) is 6.07 Å². The number of rotatable bonds is 6. The van der Waals surface area contributed by atoms with E-state index in [0.717, 1.165) is 25.1 Å². The lowest BCUT2D eigenvalue weighted by atomic mass is 9.94. The van der Waals surface area contributed by atoms with Gasteiger partial charge in [0.15, 0.2) is 0 Å². The summed E-state index contributed by atoms with van der Waals surface area (Å²) in [6.07, 6.45) is 2.28. The Morgan fingerprint density at radius 1 is 1.55 bits per heavy atom. The topological polar surface area (TPSA) is 70.1 Å². The van der Waals surface area contributed by atoms with Crippen molar-refractivity contribution in [2.24, 2.45) is 11.7 Å². The highest BCUT2D eigenvalue weighted by Gasteiger charge is 2.30. The predicted octanol–water partition coefficient (Wildman–Crippen LogP) is 2.85. The first-order valence-electron chi connectivity index (χ1n) is 7.53. The average molecular weight is 303 g/mol. The van der Waals surface area contributed by atoms with Gasteiger partial charge in [-0.25, -0.2) is 4.39 Å². The number of carbonyl (C=O) groups is 1. The smallest absolute Gasteiger partial charge is 0.239 e. The second-order valence-electron chi connectivity index (χ2n) is 6.49. The first kappa shape index (κ1) is 16.3. The van der Waals surface area contributed by atoms with Gasteiger partial charge in [0, 0.05) is 17.8 Å². The molecular formula is C17H22FN3O. The van der Waals surface area contributed by atoms with Crippen molar-refractivity contribution < 1.29 is 9.18 Å². The Morgan fingerprint density at radius 2 is 2.18 bits per heavy atom. The maximum Gasteiger partial charge on any atom is 0.239 e. The van der Waals surface area contributed by atoms with Crippen molar-refractivity contribution in [1.82, 2.24) is 0 Å². The van der Waals surface area contributed by atoms with Gasteiger partial charge in [-0.1, -0.05) is 0 Å². The minimum absolute atomic E-state index is 0.314. The van der Waals surface area contributed by atoms with Gasteiger partial charge < -0.3 is 10.6 Å². The number of halogens is 1. The SMILES string of the molecule is CC(C(N)=O)N(CC1CC1)c1ccc(C#N)c(C(C)(C)F)c1. The maximum absolute atomic E-state index is 14.4. The Morgan fingerprint density at radius 3 is 2.64 bits per heavy atom. The number of alkyl halides is 1. The highest BCUT2D eigenvalue weighted by Crippen LogP contribution is 2.35. The van der Waals surface area contributed by atoms with E-state index in [2.05, 4.69) is 0 Å². The Bertz CT molecular complexity index is 611. The molecule has 0 aromatic heterocycles. The minimum atomic E-state index is -1.62. The van der Waals surface area contributed by atoms with Crippen LogP contribution in [0.2, 0.25) is 0 Å². The zero-order valence-corrected chi connectivity index (χ0v) is 13.3. The van der Waals surface area contributed by atoms with Gasteiger partial charge in [-0.2, -0.15) is 5.26 Å². The Balaban J connectivity index is 2.43. The molecule has 0 aliphatic heterocycles. The molecule has 1 aromatic carbocycles. The summed E-state index contributed by atoms with van der Waals surface area (Å²) in [4.78, 5) is 13.5. The first-order valence-corrected chi connectivity index (χ1v) is 7.53. The molecule has 1 saturated carbocycles. The molecule has 0 bridgehead atoms. The zero-order chi connectivity index (χ0) is 16.5. The summed E-state index contributed by atoms with van der Waals surface area (Å²) in [5.74, 6) is 0.144. The Labute approximate surface area is 130 Å². The van der Waals surface area contributed by atoms with Crippen LogP contribution in [-0.4, -0.2) is 18.5 Å². The predicted molar refractivity (Wildman–Crippen MR) is 84.0 cm³/mol. The van der Waals surface area contributed by atoms with Crippen LogP contribution in [0.4, 0.5) is 10.1 Å². The lowest BCUT2D eigenvalue weighted by molar-refractivity contribution is -0.119. The lowest BCUT2D eigenvalue weighted by Gasteiger charge is -2.31. The molecular weight excluding hydrogens is 281 g/mol. The van der Waals surface area contributed by atoms with Gasteiger partial charge in [-0.15, -0.1) is 0 Å². The van der Waals surface area contributed by atoms with Crippen molar-refractivity contribution in [3.05, 3.63) is 29.3 Å². The van der Waals surface area contributed by atoms with Crippen molar-refractivity contribution >= 4 is 11.6 Å². The fraction of sp³-hybridized carbons (Fsp3) is 0.529. The van der Waals surface area contributed by atoms with Crippen molar-refractivity contribution in [1.29, 1.82) is 5.26 Å². The molecule has 2 N–H and O–H groups in total. The molecule has 1 aliphatic carbocycles. The fourth-order valence-electron chi connectivity index (χ4n) is 2.52. The van der Waals surface area contributed by atoms with Gasteiger partial charge in [0.05, 0.1) is 11.6 Å². The molecule has 4 nitrogen and oxygen atoms in total. The number of nitriles is 1. The van der Waals surface area contributed by atoms with Gasteiger partial charge in [0.1, 0.15) is 11.7 Å². The Kier molecular flexibility index (Phi) is 4.41. The summed E-state index contributed by atoms with van der Waals surface area (Å²) >= 11 is 0. The minimum Gasteiger partial charge on any atom is -0.368 e. The molecule has 1 fully saturated rings. The molecule has 1 aliphatic rings. The van der Waals surface area contributed by atoms with Gasteiger partial charge in [-0.05, 0) is 57.7 Å². The third kappa shape index (κ3) is 3.56. The molecule has 0 saturated heterocycles. The second-order valence-corrected chi connectivity index (χ2v) is 6.49. The highest BCUT2D eigenvalue weighted by atomic mass is 19.1. The van der Waals surface area contributed by atoms with Gasteiger partial charge in [-0.3, -0.25) is 4.79 Å². The Hall–Kier alpha value is -2.09. The average Bonchev–Trinajstić information content (AvgIpc) is 3.26. The third-order valence-corrected chi connectivity index (χ3v) is 4.13. The largest absolute Gasteiger partial charge is 0.368 e. The number of nitrogens with two attached hydrogens (primary N) is 1. The third-order valence-electron chi connectivity index (χ3n) is 4.13. The normalized spacial score (nSPS) is 16.0. The van der Waals surface area contributed by atoms with E-state index in [9.17, 15) is 9.18 Å². The molecule has 1 atom stereocenters. The summed E-state index contributed by atoms with van der Waals surface area (Å²) < 4.78 is 14.4. The number of nitrogens with zero attached hydrogens (tertiary/aromatic N) is 2. The van der Waals surface area contributed by atoms with Crippen LogP contribution in [0.3, 0.4) is 0 Å². The highest BCUT2D eigenvalue weighted by molar-refractivity contribution is 5.83. The van der Waals surface area contributed by atoms with E-state index in [4.69, 9.17) is 11.0 Å². The van der Waals surface area contributed by atoms with E-state index in [-0.39, 0.29) is 0 Å². The number of hydrogen-bond donors (Lipinski definition) is 1. The fourth-order valence-corrected chi connectivity index (χ4v) is 2.52. The number of primary amides is 1. The molecule has 118 valence electrons. The summed E-state index contributed by atoms with van der Waals surface area (Å²) in [6, 6.07) is 6.59. The molecule has 0 radical (unpaired) electrons. The molecule has 1 unspecified atom stereocenters. The maximum atomic E-state index is 14.4. The van der Waals surface area contributed by atoms with Crippen molar-refractivity contribution in [2.75, 3.05) is 11.4 Å². The van der Waals surface area contributed by atoms with Gasteiger partial charge in [0.25, 0.3) is 0 Å². The van der Waals surface area contributed by atoms with Crippen LogP contribution in [0.1, 0.15) is 44.7 Å². The molecule has 1 aromatic rings. The van der Waals surface area contributed by atoms with Crippen LogP contribution in [0, 0.1) is 17.2 Å². The van der Waals surface area contributed by atoms with E-state index in [1.165, 1.54) is 13.8 Å². The summed E-state index contributed by atoms with van der Waals surface area (Å²) in [7, 11) is 0. The zero-order valence-electron chi connectivity index (χ0n) is 13.3. The van der Waals surface area contributed by atoms with Gasteiger partial charge >= 0.3 is 0 Å². The monoisotopic (exact) mass is 303 g/mol. The van der Waals surface area contributed by atoms with Crippen LogP contribution in [0.15, 0.2) is 18.2 Å². The van der Waals surface area contributed by atoms with Crippen molar-refractivity contribution in [3.63, 3.8) is 0 Å². The summed E-state index contributed by atoms with van der Waals surface area (Å²) in [5, 5.41) is 9.16. The molecule has 5 heteroatoms. The van der Waals surface area contributed by atoms with E-state index < -0.39 is 17.6 Å². The molecule has 0 heterocycles. The lowest BCUT2D eigenvalue weighted by Crippen LogP contribution is -2.44. The number of benzene rings is 1. The quantitative estimate of drug-likeness (QED) is 0.878. The van der Waals surface area contributed by atoms with E-state index in [1.807, 2.05) is 11.0 Å². The van der Waals surface area contributed by atoms with Crippen LogP contribution in [-0.2, 0) is 10.5 Å². The van der Waals surface area contributed by atoms with E-state index in [1.54, 1.807) is 25.1 Å². The van der Waals surface area contributed by atoms with Gasteiger partial charge in [0.2, 0.25) is 5.91 Å². The van der Waals surface area contributed by atoms with E-state index in [0.29, 0.717) is 17.0 Å². The summed E-state index contributed by atoms with van der Waals surface area (Å²) in [5.41, 5.74) is 5.21. The number of hydrogen-bond acceptors (Lipinski definition) is 3. The molecule has 0 spiro atoms. The number of amides is 1. The van der Waals surface area contributed by atoms with Crippen molar-refractivity contribution in [2.45, 2.75) is 45.3 Å². The van der Waals surface area contributed by atoms with Crippen LogP contribution in [0.25, 0.3) is 0 Å². The summed E-state index contributed by atoms with van der Waals surface area (Å²) in [6.45, 7) is 5.33. The van der Waals surface area contributed by atoms with Crippen LogP contribution >= 0.6 is 0 Å². The van der Waals surface area contributed by atoms with Crippen LogP contribution < -0.4 is 10.6 Å². The number of anilines is 1. The number of carbonyl (C=O) groups excluding carboxylic acids is 1. The molecule has 1 amide bonds.